The number of ether oxygens (including phenoxy) is 1. The Morgan fingerprint density at radius 2 is 1.70 bits per heavy atom. The average molecular weight is 421 g/mol. The lowest BCUT2D eigenvalue weighted by molar-refractivity contribution is 0.454. The Balaban J connectivity index is 1.39. The van der Waals surface area contributed by atoms with Crippen molar-refractivity contribution in [3.63, 3.8) is 0 Å². The van der Waals surface area contributed by atoms with Crippen molar-refractivity contribution in [2.24, 2.45) is 0 Å². The summed E-state index contributed by atoms with van der Waals surface area (Å²) in [4.78, 5) is 0. The number of hydrogen-bond donors (Lipinski definition) is 1. The number of hydrogen-bond acceptors (Lipinski definition) is 6. The normalized spacial score (nSPS) is 11.2. The quantitative estimate of drug-likeness (QED) is 0.488. The number of sulfonamides is 1. The van der Waals surface area contributed by atoms with Crippen molar-refractivity contribution in [2.45, 2.75) is 12.7 Å². The molecule has 0 amide bonds. The minimum atomic E-state index is -3.51. The van der Waals surface area contributed by atoms with E-state index in [1.807, 2.05) is 31.2 Å². The lowest BCUT2D eigenvalue weighted by Gasteiger charge is -2.09. The lowest BCUT2D eigenvalue weighted by Crippen LogP contribution is -2.14. The Bertz CT molecular complexity index is 1220. The van der Waals surface area contributed by atoms with E-state index >= 15 is 0 Å². The molecule has 9 heteroatoms. The van der Waals surface area contributed by atoms with Crippen LogP contribution in [-0.4, -0.2) is 28.4 Å². The van der Waals surface area contributed by atoms with Gasteiger partial charge in [0.1, 0.15) is 5.75 Å². The number of aromatic nitrogens is 4. The summed E-state index contributed by atoms with van der Waals surface area (Å²) in [6.07, 6.45) is 1.80. The largest absolute Gasteiger partial charge is 0.438 e. The highest BCUT2D eigenvalue weighted by molar-refractivity contribution is 7.91. The van der Waals surface area contributed by atoms with Crippen LogP contribution in [0.2, 0.25) is 0 Å². The van der Waals surface area contributed by atoms with Gasteiger partial charge >= 0.3 is 0 Å². The second-order valence-electron chi connectivity index (χ2n) is 6.60. The van der Waals surface area contributed by atoms with E-state index in [4.69, 9.17) is 4.74 Å². The van der Waals surface area contributed by atoms with Gasteiger partial charge in [0.25, 0.3) is 0 Å². The van der Waals surface area contributed by atoms with Gasteiger partial charge in [-0.2, -0.15) is 5.10 Å². The topological polar surface area (TPSA) is 99.0 Å². The van der Waals surface area contributed by atoms with E-state index in [-0.39, 0.29) is 5.75 Å². The van der Waals surface area contributed by atoms with E-state index in [9.17, 15) is 8.42 Å². The van der Waals surface area contributed by atoms with Crippen LogP contribution in [-0.2, 0) is 15.8 Å². The summed E-state index contributed by atoms with van der Waals surface area (Å²) in [6.45, 7) is 1.90. The average Bonchev–Trinajstić information content (AvgIpc) is 3.16. The number of benzene rings is 2. The molecule has 0 radical (unpaired) electrons. The maximum absolute atomic E-state index is 12.3. The maximum Gasteiger partial charge on any atom is 0.238 e. The van der Waals surface area contributed by atoms with Crippen molar-refractivity contribution < 1.29 is 13.2 Å². The van der Waals surface area contributed by atoms with E-state index in [0.29, 0.717) is 23.1 Å². The summed E-state index contributed by atoms with van der Waals surface area (Å²) in [5.41, 5.74) is 2.06. The summed E-state index contributed by atoms with van der Waals surface area (Å²) >= 11 is 0. The van der Waals surface area contributed by atoms with Crippen molar-refractivity contribution in [1.29, 1.82) is 0 Å². The maximum atomic E-state index is 12.3. The van der Waals surface area contributed by atoms with Crippen molar-refractivity contribution in [2.75, 3.05) is 4.72 Å². The predicted molar refractivity (Wildman–Crippen MR) is 113 cm³/mol. The van der Waals surface area contributed by atoms with Crippen LogP contribution in [0.3, 0.4) is 0 Å². The third-order valence-electron chi connectivity index (χ3n) is 4.13. The molecular weight excluding hydrogens is 402 g/mol. The molecule has 8 nitrogen and oxygen atoms in total. The molecule has 4 aromatic rings. The zero-order valence-corrected chi connectivity index (χ0v) is 17.0. The van der Waals surface area contributed by atoms with Gasteiger partial charge in [0.05, 0.1) is 11.4 Å². The standard InChI is InChI=1S/C21H19N5O3S/c1-16-13-14-26(24-16)20-11-12-21(23-22-20)29-19-9-7-18(8-10-19)25-30(27,28)15-17-5-3-2-4-6-17/h2-14,25H,15H2,1H3. The molecule has 0 fully saturated rings. The highest BCUT2D eigenvalue weighted by Crippen LogP contribution is 2.22. The highest BCUT2D eigenvalue weighted by Gasteiger charge is 2.12. The van der Waals surface area contributed by atoms with Gasteiger partial charge in [0, 0.05) is 18.0 Å². The molecule has 0 bridgehead atoms. The molecule has 4 rings (SSSR count). The molecule has 2 aromatic carbocycles. The second kappa shape index (κ2) is 8.34. The Kier molecular flexibility index (Phi) is 5.44. The molecular formula is C21H19N5O3S. The molecule has 0 aliphatic heterocycles. The first kappa shape index (κ1) is 19.6. The van der Waals surface area contributed by atoms with Crippen molar-refractivity contribution in [3.05, 3.63) is 90.3 Å². The first-order valence-corrected chi connectivity index (χ1v) is 10.8. The molecule has 30 heavy (non-hydrogen) atoms. The molecule has 0 aliphatic carbocycles. The van der Waals surface area contributed by atoms with Gasteiger partial charge in [-0.15, -0.1) is 10.2 Å². The number of nitrogens with one attached hydrogen (secondary N) is 1. The highest BCUT2D eigenvalue weighted by atomic mass is 32.2. The fourth-order valence-electron chi connectivity index (χ4n) is 2.75. The first-order chi connectivity index (χ1) is 14.5. The molecule has 2 aromatic heterocycles. The summed E-state index contributed by atoms with van der Waals surface area (Å²) in [7, 11) is -3.51. The summed E-state index contributed by atoms with van der Waals surface area (Å²) in [6, 6.07) is 20.9. The van der Waals surface area contributed by atoms with E-state index in [2.05, 4.69) is 20.0 Å². The second-order valence-corrected chi connectivity index (χ2v) is 8.33. The van der Waals surface area contributed by atoms with Gasteiger partial charge in [0.15, 0.2) is 5.82 Å². The zero-order valence-electron chi connectivity index (χ0n) is 16.1. The van der Waals surface area contributed by atoms with Crippen LogP contribution >= 0.6 is 0 Å². The molecule has 0 saturated heterocycles. The number of nitrogens with zero attached hydrogens (tertiary/aromatic N) is 4. The van der Waals surface area contributed by atoms with E-state index in [1.54, 1.807) is 59.4 Å². The van der Waals surface area contributed by atoms with Crippen LogP contribution in [0.5, 0.6) is 11.6 Å². The molecule has 0 atom stereocenters. The summed E-state index contributed by atoms with van der Waals surface area (Å²) < 4.78 is 34.5. The molecule has 0 aliphatic rings. The Morgan fingerprint density at radius 3 is 2.33 bits per heavy atom. The SMILES string of the molecule is Cc1ccn(-c2ccc(Oc3ccc(NS(=O)(=O)Cc4ccccc4)cc3)nn2)n1. The number of rotatable bonds is 7. The zero-order chi connectivity index (χ0) is 21.0. The van der Waals surface area contributed by atoms with Crippen molar-refractivity contribution >= 4 is 15.7 Å². The Hall–Kier alpha value is -3.72. The minimum absolute atomic E-state index is 0.0934. The van der Waals surface area contributed by atoms with Gasteiger partial charge < -0.3 is 4.74 Å². The third-order valence-corrected chi connectivity index (χ3v) is 5.39. The van der Waals surface area contributed by atoms with E-state index in [0.717, 1.165) is 11.3 Å². The smallest absolute Gasteiger partial charge is 0.238 e. The summed E-state index contributed by atoms with van der Waals surface area (Å²) in [5, 5.41) is 12.4. The van der Waals surface area contributed by atoms with Gasteiger partial charge in [-0.05, 0) is 48.9 Å². The lowest BCUT2D eigenvalue weighted by atomic mass is 10.2. The monoisotopic (exact) mass is 421 g/mol. The fraction of sp³-hybridized carbons (Fsp3) is 0.0952. The fourth-order valence-corrected chi connectivity index (χ4v) is 3.95. The number of anilines is 1. The molecule has 0 saturated carbocycles. The summed E-state index contributed by atoms with van der Waals surface area (Å²) in [5.74, 6) is 1.32. The van der Waals surface area contributed by atoms with Gasteiger partial charge in [-0.3, -0.25) is 4.72 Å². The van der Waals surface area contributed by atoms with Gasteiger partial charge in [0.2, 0.25) is 15.9 Å². The molecule has 0 spiro atoms. The minimum Gasteiger partial charge on any atom is -0.438 e. The van der Waals surface area contributed by atoms with Crippen LogP contribution in [0.1, 0.15) is 11.3 Å². The number of aryl methyl sites for hydroxylation is 1. The van der Waals surface area contributed by atoms with Crippen LogP contribution in [0.25, 0.3) is 5.82 Å². The van der Waals surface area contributed by atoms with Crippen molar-refractivity contribution in [3.8, 4) is 17.4 Å². The van der Waals surface area contributed by atoms with Crippen LogP contribution in [0.4, 0.5) is 5.69 Å². The van der Waals surface area contributed by atoms with Gasteiger partial charge in [-0.1, -0.05) is 30.3 Å². The third kappa shape index (κ3) is 5.00. The Morgan fingerprint density at radius 1 is 0.933 bits per heavy atom. The van der Waals surface area contributed by atoms with Crippen LogP contribution in [0.15, 0.2) is 79.0 Å². The first-order valence-electron chi connectivity index (χ1n) is 9.16. The van der Waals surface area contributed by atoms with Crippen LogP contribution in [0, 0.1) is 6.92 Å². The molecule has 1 N–H and O–H groups in total. The molecule has 0 unspecified atom stereocenters. The molecule has 2 heterocycles. The molecule has 152 valence electrons. The van der Waals surface area contributed by atoms with Crippen molar-refractivity contribution in [1.82, 2.24) is 20.0 Å². The van der Waals surface area contributed by atoms with E-state index in [1.165, 1.54) is 0 Å². The predicted octanol–water partition coefficient (Wildman–Crippen LogP) is 3.70. The van der Waals surface area contributed by atoms with E-state index < -0.39 is 10.0 Å². The Labute approximate surface area is 174 Å². The van der Waals surface area contributed by atoms with Crippen LogP contribution < -0.4 is 9.46 Å². The van der Waals surface area contributed by atoms with Gasteiger partial charge in [-0.25, -0.2) is 13.1 Å².